The second-order valence-corrected chi connectivity index (χ2v) is 8.04. The minimum Gasteiger partial charge on any atom is -0.355 e. The number of hydrogen-bond acceptors (Lipinski definition) is 5. The zero-order valence-corrected chi connectivity index (χ0v) is 15.8. The number of sulfonamides is 1. The molecule has 0 amide bonds. The van der Waals surface area contributed by atoms with Crippen LogP contribution in [0, 0.1) is 11.6 Å². The molecule has 0 spiro atoms. The molecule has 0 saturated carbocycles. The van der Waals surface area contributed by atoms with Gasteiger partial charge in [0.05, 0.1) is 5.69 Å². The summed E-state index contributed by atoms with van der Waals surface area (Å²) in [6.45, 7) is 6.82. The molecule has 9 heteroatoms. The van der Waals surface area contributed by atoms with Gasteiger partial charge < -0.3 is 9.80 Å². The second kappa shape index (κ2) is 8.18. The van der Waals surface area contributed by atoms with Gasteiger partial charge in [-0.15, -0.1) is 0 Å². The van der Waals surface area contributed by atoms with Crippen LogP contribution in [0.3, 0.4) is 0 Å². The molecule has 3 rings (SSSR count). The molecule has 1 aliphatic heterocycles. The van der Waals surface area contributed by atoms with Gasteiger partial charge in [-0.05, 0) is 43.8 Å². The Hall–Kier alpha value is -2.26. The Morgan fingerprint density at radius 3 is 2.56 bits per heavy atom. The van der Waals surface area contributed by atoms with E-state index in [1.165, 1.54) is 12.3 Å². The van der Waals surface area contributed by atoms with E-state index in [0.29, 0.717) is 0 Å². The third-order valence-corrected chi connectivity index (χ3v) is 5.93. The third kappa shape index (κ3) is 4.72. The maximum absolute atomic E-state index is 13.3. The number of likely N-dealkylation sites (N-methyl/N-ethyl adjacent to an activating group) is 1. The summed E-state index contributed by atoms with van der Waals surface area (Å²) in [5, 5.41) is 0. The van der Waals surface area contributed by atoms with Crippen LogP contribution in [0.1, 0.15) is 13.3 Å². The maximum Gasteiger partial charge on any atom is 0.263 e. The van der Waals surface area contributed by atoms with Gasteiger partial charge >= 0.3 is 0 Å². The average molecular weight is 396 g/mol. The number of rotatable bonds is 5. The number of benzene rings is 1. The largest absolute Gasteiger partial charge is 0.355 e. The summed E-state index contributed by atoms with van der Waals surface area (Å²) in [5.74, 6) is -1.44. The molecule has 1 aromatic heterocycles. The molecule has 6 nitrogen and oxygen atoms in total. The van der Waals surface area contributed by atoms with Crippen LogP contribution in [0.2, 0.25) is 0 Å². The lowest BCUT2D eigenvalue weighted by atomic mass is 10.3. The van der Waals surface area contributed by atoms with Gasteiger partial charge in [0, 0.05) is 31.9 Å². The van der Waals surface area contributed by atoms with Crippen molar-refractivity contribution in [1.29, 1.82) is 0 Å². The highest BCUT2D eigenvalue weighted by atomic mass is 32.2. The molecule has 0 atom stereocenters. The first-order valence-corrected chi connectivity index (χ1v) is 10.3. The Morgan fingerprint density at radius 1 is 1.07 bits per heavy atom. The van der Waals surface area contributed by atoms with Gasteiger partial charge in [-0.3, -0.25) is 4.72 Å². The van der Waals surface area contributed by atoms with Gasteiger partial charge in [0.2, 0.25) is 0 Å². The standard InChI is InChI=1S/C18H22F2N4O2S/c1-2-23-8-3-9-24(11-10-23)18-7-5-15(13-21-18)27(25,26)22-14-4-6-16(19)17(20)12-14/h4-7,12-13,22H,2-3,8-11H2,1H3. The second-order valence-electron chi connectivity index (χ2n) is 6.36. The summed E-state index contributed by atoms with van der Waals surface area (Å²) in [6.07, 6.45) is 2.30. The summed E-state index contributed by atoms with van der Waals surface area (Å²) in [7, 11) is -3.94. The van der Waals surface area contributed by atoms with E-state index in [0.717, 1.165) is 63.2 Å². The molecule has 27 heavy (non-hydrogen) atoms. The van der Waals surface area contributed by atoms with Crippen molar-refractivity contribution in [3.05, 3.63) is 48.2 Å². The Labute approximate surface area is 157 Å². The van der Waals surface area contributed by atoms with E-state index >= 15 is 0 Å². The molecule has 0 aliphatic carbocycles. The number of nitrogens with zero attached hydrogens (tertiary/aromatic N) is 3. The van der Waals surface area contributed by atoms with E-state index in [1.54, 1.807) is 6.07 Å². The summed E-state index contributed by atoms with van der Waals surface area (Å²) in [5.41, 5.74) is -0.0508. The normalized spacial score (nSPS) is 16.2. The Kier molecular flexibility index (Phi) is 5.91. The quantitative estimate of drug-likeness (QED) is 0.842. The molecule has 1 N–H and O–H groups in total. The van der Waals surface area contributed by atoms with Crippen LogP contribution in [0.4, 0.5) is 20.3 Å². The van der Waals surface area contributed by atoms with Crippen molar-refractivity contribution in [2.75, 3.05) is 42.3 Å². The number of nitrogens with one attached hydrogen (secondary N) is 1. The summed E-state index contributed by atoms with van der Waals surface area (Å²) in [6, 6.07) is 5.96. The van der Waals surface area contributed by atoms with Gasteiger partial charge in [0.25, 0.3) is 10.0 Å². The number of aromatic nitrogens is 1. The van der Waals surface area contributed by atoms with Crippen molar-refractivity contribution in [3.8, 4) is 0 Å². The number of pyridine rings is 1. The van der Waals surface area contributed by atoms with E-state index in [-0.39, 0.29) is 10.6 Å². The Bertz CT molecular complexity index is 891. The zero-order chi connectivity index (χ0) is 19.4. The molecule has 0 bridgehead atoms. The van der Waals surface area contributed by atoms with Crippen LogP contribution >= 0.6 is 0 Å². The minimum absolute atomic E-state index is 0.0408. The average Bonchev–Trinajstić information content (AvgIpc) is 2.90. The molecule has 146 valence electrons. The Morgan fingerprint density at radius 2 is 1.89 bits per heavy atom. The highest BCUT2D eigenvalue weighted by Crippen LogP contribution is 2.20. The topological polar surface area (TPSA) is 65.5 Å². The monoisotopic (exact) mass is 396 g/mol. The van der Waals surface area contributed by atoms with E-state index in [9.17, 15) is 17.2 Å². The van der Waals surface area contributed by atoms with Crippen molar-refractivity contribution in [3.63, 3.8) is 0 Å². The first kappa shape index (κ1) is 19.5. The zero-order valence-electron chi connectivity index (χ0n) is 15.0. The van der Waals surface area contributed by atoms with Crippen molar-refractivity contribution >= 4 is 21.5 Å². The molecule has 1 aliphatic rings. The molecular formula is C18H22F2N4O2S. The van der Waals surface area contributed by atoms with Crippen LogP contribution in [0.15, 0.2) is 41.4 Å². The van der Waals surface area contributed by atoms with Crippen LogP contribution in [0.25, 0.3) is 0 Å². The van der Waals surface area contributed by atoms with Crippen molar-refractivity contribution in [1.82, 2.24) is 9.88 Å². The highest BCUT2D eigenvalue weighted by Gasteiger charge is 2.18. The Balaban J connectivity index is 1.72. The molecule has 0 radical (unpaired) electrons. The molecule has 2 aromatic rings. The highest BCUT2D eigenvalue weighted by molar-refractivity contribution is 7.92. The van der Waals surface area contributed by atoms with Crippen LogP contribution in [0.5, 0.6) is 0 Å². The van der Waals surface area contributed by atoms with Gasteiger partial charge in [-0.25, -0.2) is 22.2 Å². The van der Waals surface area contributed by atoms with Gasteiger partial charge in [0.1, 0.15) is 10.7 Å². The van der Waals surface area contributed by atoms with Crippen molar-refractivity contribution in [2.45, 2.75) is 18.2 Å². The summed E-state index contributed by atoms with van der Waals surface area (Å²) >= 11 is 0. The van der Waals surface area contributed by atoms with Gasteiger partial charge in [-0.1, -0.05) is 6.92 Å². The van der Waals surface area contributed by atoms with E-state index in [4.69, 9.17) is 0 Å². The molecule has 1 fully saturated rings. The van der Waals surface area contributed by atoms with E-state index in [2.05, 4.69) is 26.4 Å². The first-order chi connectivity index (χ1) is 12.9. The molecule has 1 saturated heterocycles. The van der Waals surface area contributed by atoms with Gasteiger partial charge in [-0.2, -0.15) is 0 Å². The molecule has 2 heterocycles. The predicted octanol–water partition coefficient (Wildman–Crippen LogP) is 2.69. The lowest BCUT2D eigenvalue weighted by molar-refractivity contribution is 0.310. The number of halogens is 2. The smallest absolute Gasteiger partial charge is 0.263 e. The number of hydrogen-bond donors (Lipinski definition) is 1. The van der Waals surface area contributed by atoms with E-state index < -0.39 is 21.7 Å². The molecule has 0 unspecified atom stereocenters. The first-order valence-electron chi connectivity index (χ1n) is 8.80. The lowest BCUT2D eigenvalue weighted by Crippen LogP contribution is -2.31. The lowest BCUT2D eigenvalue weighted by Gasteiger charge is -2.22. The predicted molar refractivity (Wildman–Crippen MR) is 100 cm³/mol. The fraction of sp³-hybridized carbons (Fsp3) is 0.389. The number of anilines is 2. The molecular weight excluding hydrogens is 374 g/mol. The third-order valence-electron chi connectivity index (χ3n) is 4.56. The fourth-order valence-electron chi connectivity index (χ4n) is 3.01. The maximum atomic E-state index is 13.3. The van der Waals surface area contributed by atoms with Crippen molar-refractivity contribution in [2.24, 2.45) is 0 Å². The molecule has 1 aromatic carbocycles. The fourth-order valence-corrected chi connectivity index (χ4v) is 4.00. The van der Waals surface area contributed by atoms with Crippen LogP contribution in [-0.2, 0) is 10.0 Å². The minimum atomic E-state index is -3.94. The van der Waals surface area contributed by atoms with Gasteiger partial charge in [0.15, 0.2) is 11.6 Å². The summed E-state index contributed by atoms with van der Waals surface area (Å²) < 4.78 is 53.4. The van der Waals surface area contributed by atoms with Crippen LogP contribution < -0.4 is 9.62 Å². The summed E-state index contributed by atoms with van der Waals surface area (Å²) in [4.78, 5) is 8.75. The SMILES string of the molecule is CCN1CCCN(c2ccc(S(=O)(=O)Nc3ccc(F)c(F)c3)cn2)CC1. The van der Waals surface area contributed by atoms with Crippen LogP contribution in [-0.4, -0.2) is 51.0 Å². The van der Waals surface area contributed by atoms with Crippen molar-refractivity contribution < 1.29 is 17.2 Å². The van der Waals surface area contributed by atoms with E-state index in [1.807, 2.05) is 0 Å².